The van der Waals surface area contributed by atoms with Crippen molar-refractivity contribution in [3.8, 4) is 0 Å². The molecular formula is C8H16N2O2. The smallest absolute Gasteiger partial charge is 0.228 e. The largest absolute Gasteiger partial charge is 0.379 e. The maximum Gasteiger partial charge on any atom is 0.228 e. The molecular weight excluding hydrogens is 156 g/mol. The molecule has 1 amide bonds. The first-order valence-corrected chi connectivity index (χ1v) is 4.21. The van der Waals surface area contributed by atoms with Crippen molar-refractivity contribution in [1.29, 1.82) is 0 Å². The molecule has 1 saturated heterocycles. The van der Waals surface area contributed by atoms with Gasteiger partial charge in [0.05, 0.1) is 19.1 Å². The summed E-state index contributed by atoms with van der Waals surface area (Å²) in [7, 11) is 3.54. The predicted molar refractivity (Wildman–Crippen MR) is 45.9 cm³/mol. The van der Waals surface area contributed by atoms with E-state index in [2.05, 4.69) is 5.32 Å². The molecule has 1 fully saturated rings. The van der Waals surface area contributed by atoms with E-state index in [1.54, 1.807) is 19.0 Å². The molecule has 1 rings (SSSR count). The minimum Gasteiger partial charge on any atom is -0.379 e. The first-order valence-electron chi connectivity index (χ1n) is 4.21. The van der Waals surface area contributed by atoms with E-state index < -0.39 is 0 Å². The average Bonchev–Trinajstić information content (AvgIpc) is 2.30. The Balaban J connectivity index is 2.43. The summed E-state index contributed by atoms with van der Waals surface area (Å²) in [4.78, 5) is 13.1. The number of nitrogens with zero attached hydrogens (tertiary/aromatic N) is 1. The van der Waals surface area contributed by atoms with Crippen molar-refractivity contribution in [2.24, 2.45) is 5.92 Å². The molecule has 4 heteroatoms. The van der Waals surface area contributed by atoms with Gasteiger partial charge in [-0.05, 0) is 0 Å². The lowest BCUT2D eigenvalue weighted by Gasteiger charge is -2.17. The lowest BCUT2D eigenvalue weighted by atomic mass is 10.1. The van der Waals surface area contributed by atoms with Crippen LogP contribution in [0.5, 0.6) is 0 Å². The average molecular weight is 172 g/mol. The number of rotatable bonds is 1. The first-order chi connectivity index (χ1) is 5.72. The Hall–Kier alpha value is -0.610. The van der Waals surface area contributed by atoms with E-state index in [9.17, 15) is 4.79 Å². The van der Waals surface area contributed by atoms with E-state index in [0.29, 0.717) is 13.2 Å². The summed E-state index contributed by atoms with van der Waals surface area (Å²) in [6.07, 6.45) is 0. The van der Waals surface area contributed by atoms with Crippen molar-refractivity contribution >= 4 is 5.91 Å². The Morgan fingerprint density at radius 3 is 3.00 bits per heavy atom. The maximum absolute atomic E-state index is 11.5. The van der Waals surface area contributed by atoms with Gasteiger partial charge in [0, 0.05) is 27.2 Å². The topological polar surface area (TPSA) is 41.6 Å². The zero-order valence-electron chi connectivity index (χ0n) is 7.67. The van der Waals surface area contributed by atoms with Crippen LogP contribution in [0.2, 0.25) is 0 Å². The second-order valence-electron chi connectivity index (χ2n) is 3.21. The molecule has 0 saturated carbocycles. The van der Waals surface area contributed by atoms with Crippen LogP contribution in [0, 0.1) is 5.92 Å². The molecule has 1 aliphatic heterocycles. The molecule has 0 spiro atoms. The van der Waals surface area contributed by atoms with Gasteiger partial charge in [0.25, 0.3) is 0 Å². The Morgan fingerprint density at radius 2 is 2.33 bits per heavy atom. The van der Waals surface area contributed by atoms with Crippen molar-refractivity contribution < 1.29 is 9.53 Å². The highest BCUT2D eigenvalue weighted by molar-refractivity contribution is 5.78. The number of amides is 1. The van der Waals surface area contributed by atoms with Crippen LogP contribution in [0.25, 0.3) is 0 Å². The number of hydrogen-bond donors (Lipinski definition) is 1. The van der Waals surface area contributed by atoms with Crippen LogP contribution in [0.1, 0.15) is 0 Å². The second kappa shape index (κ2) is 4.42. The molecule has 4 nitrogen and oxygen atoms in total. The summed E-state index contributed by atoms with van der Waals surface area (Å²) in [5.41, 5.74) is 0. The van der Waals surface area contributed by atoms with Gasteiger partial charge in [0.15, 0.2) is 0 Å². The highest BCUT2D eigenvalue weighted by atomic mass is 16.5. The number of carbonyl (C=O) groups excluding carboxylic acids is 1. The Morgan fingerprint density at radius 1 is 1.58 bits per heavy atom. The van der Waals surface area contributed by atoms with Gasteiger partial charge in [-0.15, -0.1) is 0 Å². The van der Waals surface area contributed by atoms with Crippen LogP contribution < -0.4 is 5.32 Å². The molecule has 0 aliphatic carbocycles. The quantitative estimate of drug-likeness (QED) is 0.569. The summed E-state index contributed by atoms with van der Waals surface area (Å²) in [5.74, 6) is 0.131. The predicted octanol–water partition coefficient (Wildman–Crippen LogP) is -0.689. The van der Waals surface area contributed by atoms with Crippen molar-refractivity contribution in [3.05, 3.63) is 0 Å². The standard InChI is InChI=1S/C8H16N2O2/c1-10(2)8(11)7-5-9-3-4-12-6-7/h7,9H,3-6H2,1-2H3/t7-/m0/s1. The Kier molecular flexibility index (Phi) is 3.49. The van der Waals surface area contributed by atoms with E-state index in [1.165, 1.54) is 0 Å². The Bertz CT molecular complexity index is 151. The van der Waals surface area contributed by atoms with E-state index in [0.717, 1.165) is 13.1 Å². The lowest BCUT2D eigenvalue weighted by molar-refractivity contribution is -0.134. The van der Waals surface area contributed by atoms with Crippen molar-refractivity contribution in [3.63, 3.8) is 0 Å². The molecule has 1 heterocycles. The van der Waals surface area contributed by atoms with Crippen molar-refractivity contribution in [2.75, 3.05) is 40.4 Å². The third-order valence-electron chi connectivity index (χ3n) is 1.92. The van der Waals surface area contributed by atoms with Crippen LogP contribution in [-0.2, 0) is 9.53 Å². The van der Waals surface area contributed by atoms with Crippen LogP contribution in [-0.4, -0.2) is 51.2 Å². The van der Waals surface area contributed by atoms with Gasteiger partial charge in [-0.1, -0.05) is 0 Å². The molecule has 0 radical (unpaired) electrons. The summed E-state index contributed by atoms with van der Waals surface area (Å²) >= 11 is 0. The zero-order valence-corrected chi connectivity index (χ0v) is 7.67. The zero-order chi connectivity index (χ0) is 8.97. The van der Waals surface area contributed by atoms with Gasteiger partial charge in [0.2, 0.25) is 5.91 Å². The molecule has 70 valence electrons. The van der Waals surface area contributed by atoms with Crippen LogP contribution in [0.4, 0.5) is 0 Å². The van der Waals surface area contributed by atoms with E-state index in [1.807, 2.05) is 0 Å². The third-order valence-corrected chi connectivity index (χ3v) is 1.92. The van der Waals surface area contributed by atoms with Gasteiger partial charge in [-0.3, -0.25) is 4.79 Å². The number of hydrogen-bond acceptors (Lipinski definition) is 3. The molecule has 0 unspecified atom stereocenters. The fourth-order valence-electron chi connectivity index (χ4n) is 1.23. The number of nitrogens with one attached hydrogen (secondary N) is 1. The van der Waals surface area contributed by atoms with E-state index in [4.69, 9.17) is 4.74 Å². The van der Waals surface area contributed by atoms with Crippen LogP contribution in [0.3, 0.4) is 0 Å². The lowest BCUT2D eigenvalue weighted by Crippen LogP contribution is -2.36. The molecule has 0 bridgehead atoms. The summed E-state index contributed by atoms with van der Waals surface area (Å²) in [5, 5.41) is 3.16. The molecule has 1 N–H and O–H groups in total. The normalized spacial score (nSPS) is 24.7. The molecule has 0 aromatic rings. The second-order valence-corrected chi connectivity index (χ2v) is 3.21. The fraction of sp³-hybridized carbons (Fsp3) is 0.875. The van der Waals surface area contributed by atoms with Crippen LogP contribution in [0.15, 0.2) is 0 Å². The molecule has 1 atom stereocenters. The fourth-order valence-corrected chi connectivity index (χ4v) is 1.23. The SMILES string of the molecule is CN(C)C(=O)[C@H]1CNCCOC1. The molecule has 1 aliphatic rings. The third kappa shape index (κ3) is 2.46. The van der Waals surface area contributed by atoms with Gasteiger partial charge in [-0.2, -0.15) is 0 Å². The summed E-state index contributed by atoms with van der Waals surface area (Å²) < 4.78 is 5.27. The maximum atomic E-state index is 11.5. The van der Waals surface area contributed by atoms with Gasteiger partial charge < -0.3 is 15.0 Å². The van der Waals surface area contributed by atoms with Crippen molar-refractivity contribution in [1.82, 2.24) is 10.2 Å². The first kappa shape index (κ1) is 9.48. The highest BCUT2D eigenvalue weighted by Crippen LogP contribution is 2.02. The summed E-state index contributed by atoms with van der Waals surface area (Å²) in [6, 6.07) is 0. The highest BCUT2D eigenvalue weighted by Gasteiger charge is 2.21. The van der Waals surface area contributed by atoms with Gasteiger partial charge >= 0.3 is 0 Å². The minimum absolute atomic E-state index is 0.0116. The van der Waals surface area contributed by atoms with Crippen LogP contribution >= 0.6 is 0 Å². The van der Waals surface area contributed by atoms with E-state index >= 15 is 0 Å². The van der Waals surface area contributed by atoms with E-state index in [-0.39, 0.29) is 11.8 Å². The van der Waals surface area contributed by atoms with Gasteiger partial charge in [-0.25, -0.2) is 0 Å². The number of ether oxygens (including phenoxy) is 1. The minimum atomic E-state index is -0.0116. The molecule has 12 heavy (non-hydrogen) atoms. The summed E-state index contributed by atoms with van der Waals surface area (Å²) in [6.45, 7) is 2.83. The molecule has 0 aromatic heterocycles. The molecule has 0 aromatic carbocycles. The Labute approximate surface area is 72.9 Å². The monoisotopic (exact) mass is 172 g/mol. The van der Waals surface area contributed by atoms with Gasteiger partial charge in [0.1, 0.15) is 0 Å². The van der Waals surface area contributed by atoms with Crippen molar-refractivity contribution in [2.45, 2.75) is 0 Å². The number of carbonyl (C=O) groups is 1.